The number of hydrogen-bond acceptors (Lipinski definition) is 3. The molecule has 1 amide bonds. The van der Waals surface area contributed by atoms with Crippen molar-refractivity contribution >= 4 is 11.6 Å². The lowest BCUT2D eigenvalue weighted by molar-refractivity contribution is -0.384. The van der Waals surface area contributed by atoms with Gasteiger partial charge >= 0.3 is 0 Å². The van der Waals surface area contributed by atoms with E-state index in [0.29, 0.717) is 19.4 Å². The normalized spacial score (nSPS) is 10.3. The van der Waals surface area contributed by atoms with Gasteiger partial charge in [0.25, 0.3) is 5.69 Å². The molecule has 0 radical (unpaired) electrons. The van der Waals surface area contributed by atoms with Gasteiger partial charge in [-0.05, 0) is 36.8 Å². The first kappa shape index (κ1) is 17.7. The van der Waals surface area contributed by atoms with Crippen LogP contribution in [0, 0.1) is 10.1 Å². The van der Waals surface area contributed by atoms with Crippen LogP contribution in [0.15, 0.2) is 54.6 Å². The van der Waals surface area contributed by atoms with Crippen LogP contribution in [0.1, 0.15) is 30.4 Å². The molecular weight excluding hydrogens is 304 g/mol. The molecule has 0 atom stereocenters. The van der Waals surface area contributed by atoms with Gasteiger partial charge in [0.05, 0.1) is 4.92 Å². The summed E-state index contributed by atoms with van der Waals surface area (Å²) in [7, 11) is 0. The summed E-state index contributed by atoms with van der Waals surface area (Å²) in [6.07, 6.45) is 4.08. The Bertz CT molecular complexity index is 654. The summed E-state index contributed by atoms with van der Waals surface area (Å²) in [5.41, 5.74) is 2.36. The van der Waals surface area contributed by atoms with Gasteiger partial charge in [0.1, 0.15) is 0 Å². The van der Waals surface area contributed by atoms with E-state index in [1.165, 1.54) is 17.7 Å². The number of hydrogen-bond donors (Lipinski definition) is 1. The molecule has 0 aromatic heterocycles. The highest BCUT2D eigenvalue weighted by molar-refractivity contribution is 5.75. The van der Waals surface area contributed by atoms with Crippen LogP contribution in [-0.4, -0.2) is 17.4 Å². The maximum atomic E-state index is 11.8. The van der Waals surface area contributed by atoms with Gasteiger partial charge in [-0.1, -0.05) is 42.5 Å². The van der Waals surface area contributed by atoms with Crippen molar-refractivity contribution in [1.29, 1.82) is 0 Å². The van der Waals surface area contributed by atoms with Crippen molar-refractivity contribution in [2.75, 3.05) is 6.54 Å². The van der Waals surface area contributed by atoms with Crippen LogP contribution in [0.2, 0.25) is 0 Å². The van der Waals surface area contributed by atoms with Gasteiger partial charge in [-0.15, -0.1) is 0 Å². The monoisotopic (exact) mass is 326 g/mol. The predicted molar refractivity (Wildman–Crippen MR) is 93.8 cm³/mol. The molecule has 2 rings (SSSR count). The van der Waals surface area contributed by atoms with Crippen molar-refractivity contribution in [2.24, 2.45) is 0 Å². The summed E-state index contributed by atoms with van der Waals surface area (Å²) >= 11 is 0. The summed E-state index contributed by atoms with van der Waals surface area (Å²) < 4.78 is 0. The zero-order valence-electron chi connectivity index (χ0n) is 13.6. The van der Waals surface area contributed by atoms with Crippen molar-refractivity contribution in [1.82, 2.24) is 5.32 Å². The third-order valence-electron chi connectivity index (χ3n) is 3.85. The zero-order chi connectivity index (χ0) is 17.2. The topological polar surface area (TPSA) is 72.2 Å². The third-order valence-corrected chi connectivity index (χ3v) is 3.85. The summed E-state index contributed by atoms with van der Waals surface area (Å²) in [5, 5.41) is 13.5. The van der Waals surface area contributed by atoms with Crippen molar-refractivity contribution < 1.29 is 9.72 Å². The minimum Gasteiger partial charge on any atom is -0.356 e. The first-order chi connectivity index (χ1) is 11.6. The fourth-order valence-corrected chi connectivity index (χ4v) is 2.48. The molecule has 5 heteroatoms. The Morgan fingerprint density at radius 1 is 0.917 bits per heavy atom. The van der Waals surface area contributed by atoms with Gasteiger partial charge in [0.15, 0.2) is 0 Å². The number of nitro benzene ring substituents is 1. The lowest BCUT2D eigenvalue weighted by Crippen LogP contribution is -2.25. The number of amides is 1. The fraction of sp³-hybridized carbons (Fsp3) is 0.316. The average Bonchev–Trinajstić information content (AvgIpc) is 2.60. The molecule has 0 fully saturated rings. The first-order valence-electron chi connectivity index (χ1n) is 8.19. The zero-order valence-corrected chi connectivity index (χ0v) is 13.6. The summed E-state index contributed by atoms with van der Waals surface area (Å²) in [5.74, 6) is 0.0602. The molecular formula is C19H22N2O3. The Balaban J connectivity index is 1.58. The van der Waals surface area contributed by atoms with E-state index in [4.69, 9.17) is 0 Å². The highest BCUT2D eigenvalue weighted by atomic mass is 16.6. The highest BCUT2D eigenvalue weighted by Crippen LogP contribution is 2.12. The molecule has 0 aliphatic rings. The summed E-state index contributed by atoms with van der Waals surface area (Å²) in [4.78, 5) is 22.0. The Morgan fingerprint density at radius 3 is 2.25 bits per heavy atom. The van der Waals surface area contributed by atoms with E-state index < -0.39 is 4.92 Å². The van der Waals surface area contributed by atoms with Crippen LogP contribution in [0.3, 0.4) is 0 Å². The van der Waals surface area contributed by atoms with Gasteiger partial charge in [0.2, 0.25) is 5.91 Å². The van der Waals surface area contributed by atoms with E-state index in [1.54, 1.807) is 12.1 Å². The number of nitrogens with zero attached hydrogens (tertiary/aromatic N) is 1. The van der Waals surface area contributed by atoms with Crippen molar-refractivity contribution in [3.8, 4) is 0 Å². The Kier molecular flexibility index (Phi) is 6.95. The molecule has 0 aliphatic heterocycles. The second kappa shape index (κ2) is 9.45. The molecule has 2 aromatic carbocycles. The Morgan fingerprint density at radius 2 is 1.58 bits per heavy atom. The molecule has 0 saturated heterocycles. The second-order valence-electron chi connectivity index (χ2n) is 5.72. The molecule has 0 bridgehead atoms. The lowest BCUT2D eigenvalue weighted by Gasteiger charge is -2.06. The van der Waals surface area contributed by atoms with E-state index in [-0.39, 0.29) is 11.6 Å². The van der Waals surface area contributed by atoms with Gasteiger partial charge < -0.3 is 5.32 Å². The van der Waals surface area contributed by atoms with E-state index >= 15 is 0 Å². The van der Waals surface area contributed by atoms with Crippen LogP contribution in [-0.2, 0) is 17.6 Å². The van der Waals surface area contributed by atoms with E-state index in [1.807, 2.05) is 18.2 Å². The van der Waals surface area contributed by atoms with E-state index in [2.05, 4.69) is 17.4 Å². The number of unbranched alkanes of at least 4 members (excludes halogenated alkanes) is 1. The minimum absolute atomic E-state index is 0.0602. The number of non-ortho nitro benzene ring substituents is 1. The maximum absolute atomic E-state index is 11.8. The smallest absolute Gasteiger partial charge is 0.269 e. The molecule has 24 heavy (non-hydrogen) atoms. The van der Waals surface area contributed by atoms with Gasteiger partial charge in [-0.2, -0.15) is 0 Å². The standard InChI is InChI=1S/C19H22N2O3/c22-19(9-5-4-8-16-6-2-1-3-7-16)20-15-14-17-10-12-18(13-11-17)21(23)24/h1-3,6-7,10-13H,4-5,8-9,14-15H2,(H,20,22). The van der Waals surface area contributed by atoms with Crippen LogP contribution in [0.25, 0.3) is 0 Å². The van der Waals surface area contributed by atoms with E-state index in [0.717, 1.165) is 24.8 Å². The molecule has 0 saturated carbocycles. The molecule has 5 nitrogen and oxygen atoms in total. The maximum Gasteiger partial charge on any atom is 0.269 e. The van der Waals surface area contributed by atoms with Gasteiger partial charge in [-0.3, -0.25) is 14.9 Å². The predicted octanol–water partition coefficient (Wildman–Crippen LogP) is 3.67. The number of rotatable bonds is 9. The number of nitro groups is 1. The highest BCUT2D eigenvalue weighted by Gasteiger charge is 2.05. The van der Waals surface area contributed by atoms with Crippen LogP contribution in [0.5, 0.6) is 0 Å². The second-order valence-corrected chi connectivity index (χ2v) is 5.72. The lowest BCUT2D eigenvalue weighted by atomic mass is 10.1. The van der Waals surface area contributed by atoms with Gasteiger partial charge in [0, 0.05) is 25.1 Å². The molecule has 1 N–H and O–H groups in total. The molecule has 0 unspecified atom stereocenters. The number of carbonyl (C=O) groups is 1. The Hall–Kier alpha value is -2.69. The summed E-state index contributed by atoms with van der Waals surface area (Å²) in [6.45, 7) is 0.551. The summed E-state index contributed by atoms with van der Waals surface area (Å²) in [6, 6.07) is 16.7. The first-order valence-corrected chi connectivity index (χ1v) is 8.19. The molecule has 0 spiro atoms. The number of carbonyl (C=O) groups excluding carboxylic acids is 1. The van der Waals surface area contributed by atoms with E-state index in [9.17, 15) is 14.9 Å². The molecule has 126 valence electrons. The average molecular weight is 326 g/mol. The SMILES string of the molecule is O=C(CCCCc1ccccc1)NCCc1ccc([N+](=O)[O-])cc1. The molecule has 2 aromatic rings. The van der Waals surface area contributed by atoms with Crippen LogP contribution >= 0.6 is 0 Å². The van der Waals surface area contributed by atoms with Crippen LogP contribution < -0.4 is 5.32 Å². The van der Waals surface area contributed by atoms with Crippen molar-refractivity contribution in [3.63, 3.8) is 0 Å². The number of benzene rings is 2. The van der Waals surface area contributed by atoms with Crippen molar-refractivity contribution in [2.45, 2.75) is 32.1 Å². The quantitative estimate of drug-likeness (QED) is 0.434. The third kappa shape index (κ3) is 6.20. The van der Waals surface area contributed by atoms with Crippen LogP contribution in [0.4, 0.5) is 5.69 Å². The molecule has 0 heterocycles. The largest absolute Gasteiger partial charge is 0.356 e. The fourth-order valence-electron chi connectivity index (χ4n) is 2.48. The minimum atomic E-state index is -0.416. The van der Waals surface area contributed by atoms with Crippen molar-refractivity contribution in [3.05, 3.63) is 75.8 Å². The Labute approximate surface area is 141 Å². The molecule has 0 aliphatic carbocycles. The van der Waals surface area contributed by atoms with Gasteiger partial charge in [-0.25, -0.2) is 0 Å². The number of aryl methyl sites for hydroxylation is 1. The number of nitrogens with one attached hydrogen (secondary N) is 1.